The maximum atomic E-state index is 13.3. The number of hydrogen-bond acceptors (Lipinski definition) is 7. The van der Waals surface area contributed by atoms with E-state index in [1.165, 1.54) is 16.2 Å². The first-order valence-electron chi connectivity index (χ1n) is 13.0. The minimum atomic E-state index is 0.115. The van der Waals surface area contributed by atoms with Crippen molar-refractivity contribution in [1.82, 2.24) is 14.2 Å². The van der Waals surface area contributed by atoms with Crippen molar-refractivity contribution >= 4 is 39.7 Å². The third-order valence-electron chi connectivity index (χ3n) is 6.70. The highest BCUT2D eigenvalue weighted by atomic mass is 32.1. The normalized spacial score (nSPS) is 14.7. The molecular formula is C30H33N5O2S. The van der Waals surface area contributed by atoms with Gasteiger partial charge in [0.1, 0.15) is 11.6 Å². The number of nitrogens with zero attached hydrogens (tertiary/aromatic N) is 4. The minimum absolute atomic E-state index is 0.115. The van der Waals surface area contributed by atoms with E-state index in [-0.39, 0.29) is 11.9 Å². The number of hydrogen-bond donors (Lipinski definition) is 1. The van der Waals surface area contributed by atoms with Gasteiger partial charge in [0.05, 0.1) is 30.7 Å². The molecule has 3 aromatic carbocycles. The average Bonchev–Trinajstić information content (AvgIpc) is 3.56. The molecule has 0 saturated heterocycles. The highest BCUT2D eigenvalue weighted by Gasteiger charge is 2.20. The summed E-state index contributed by atoms with van der Waals surface area (Å²) in [6.45, 7) is 5.18. The fourth-order valence-electron chi connectivity index (χ4n) is 4.61. The van der Waals surface area contributed by atoms with Crippen LogP contribution in [0.15, 0.2) is 77.8 Å². The van der Waals surface area contributed by atoms with Gasteiger partial charge in [0.15, 0.2) is 0 Å². The Balaban J connectivity index is 1.22. The number of ether oxygens (including phenoxy) is 1. The summed E-state index contributed by atoms with van der Waals surface area (Å²) in [6, 6.07) is 25.0. The molecule has 1 amide bonds. The zero-order valence-corrected chi connectivity index (χ0v) is 22.7. The Kier molecular flexibility index (Phi) is 8.19. The maximum absolute atomic E-state index is 13.3. The molecule has 5 rings (SSSR count). The number of carbonyl (C=O) groups is 1. The van der Waals surface area contributed by atoms with E-state index in [2.05, 4.69) is 70.1 Å². The number of amides is 1. The highest BCUT2D eigenvalue weighted by Crippen LogP contribution is 2.26. The number of fused-ring (bicyclic) bond motifs is 1. The molecule has 1 unspecified atom stereocenters. The summed E-state index contributed by atoms with van der Waals surface area (Å²) in [7, 11) is 1.67. The molecule has 7 nitrogen and oxygen atoms in total. The van der Waals surface area contributed by atoms with E-state index >= 15 is 0 Å². The van der Waals surface area contributed by atoms with Crippen molar-refractivity contribution in [3.63, 3.8) is 0 Å². The van der Waals surface area contributed by atoms with Gasteiger partial charge in [-0.05, 0) is 65.8 Å². The van der Waals surface area contributed by atoms with Crippen molar-refractivity contribution in [1.29, 1.82) is 0 Å². The van der Waals surface area contributed by atoms with Gasteiger partial charge in [0.25, 0.3) is 0 Å². The Bertz CT molecular complexity index is 1380. The van der Waals surface area contributed by atoms with Crippen LogP contribution in [0.5, 0.6) is 5.75 Å². The van der Waals surface area contributed by atoms with Gasteiger partial charge in [-0.3, -0.25) is 9.79 Å². The molecule has 2 heterocycles. The lowest BCUT2D eigenvalue weighted by Gasteiger charge is -2.26. The van der Waals surface area contributed by atoms with E-state index in [4.69, 9.17) is 4.74 Å². The lowest BCUT2D eigenvalue weighted by molar-refractivity contribution is -0.132. The number of anilines is 1. The molecule has 1 atom stereocenters. The molecule has 8 heteroatoms. The van der Waals surface area contributed by atoms with E-state index in [0.717, 1.165) is 53.2 Å². The fourth-order valence-corrected chi connectivity index (χ4v) is 5.36. The Labute approximate surface area is 227 Å². The van der Waals surface area contributed by atoms with Crippen LogP contribution < -0.4 is 10.1 Å². The van der Waals surface area contributed by atoms with Crippen LogP contribution in [0.25, 0.3) is 21.2 Å². The third-order valence-corrected chi connectivity index (χ3v) is 7.53. The summed E-state index contributed by atoms with van der Waals surface area (Å²) < 4.78 is 11.0. The average molecular weight is 528 g/mol. The Morgan fingerprint density at radius 3 is 2.53 bits per heavy atom. The summed E-state index contributed by atoms with van der Waals surface area (Å²) in [6.07, 6.45) is 2.63. The molecule has 0 aliphatic carbocycles. The van der Waals surface area contributed by atoms with Crippen LogP contribution in [-0.4, -0.2) is 65.7 Å². The summed E-state index contributed by atoms with van der Waals surface area (Å²) in [5.41, 5.74) is 3.38. The van der Waals surface area contributed by atoms with Crippen molar-refractivity contribution in [3.05, 3.63) is 78.4 Å². The number of nitrogens with one attached hydrogen (secondary N) is 1. The van der Waals surface area contributed by atoms with Crippen molar-refractivity contribution in [2.75, 3.05) is 38.6 Å². The Hall–Kier alpha value is -3.91. The smallest absolute Gasteiger partial charge is 0.242 e. The van der Waals surface area contributed by atoms with Gasteiger partial charge in [-0.2, -0.15) is 4.37 Å². The second-order valence-electron chi connectivity index (χ2n) is 9.59. The summed E-state index contributed by atoms with van der Waals surface area (Å²) in [4.78, 5) is 21.7. The quantitative estimate of drug-likeness (QED) is 0.260. The second kappa shape index (κ2) is 12.1. The van der Waals surface area contributed by atoms with Crippen LogP contribution in [0.3, 0.4) is 0 Å². The molecule has 0 saturated carbocycles. The molecular weight excluding hydrogens is 494 g/mol. The van der Waals surface area contributed by atoms with Gasteiger partial charge in [0, 0.05) is 31.6 Å². The van der Waals surface area contributed by atoms with Crippen molar-refractivity contribution in [2.24, 2.45) is 4.99 Å². The van der Waals surface area contributed by atoms with Gasteiger partial charge >= 0.3 is 0 Å². The van der Waals surface area contributed by atoms with Crippen LogP contribution in [-0.2, 0) is 11.3 Å². The predicted molar refractivity (Wildman–Crippen MR) is 156 cm³/mol. The van der Waals surface area contributed by atoms with Crippen molar-refractivity contribution in [3.8, 4) is 16.9 Å². The first-order chi connectivity index (χ1) is 18.6. The van der Waals surface area contributed by atoms with E-state index in [1.54, 1.807) is 13.4 Å². The molecule has 0 radical (unpaired) electrons. The minimum Gasteiger partial charge on any atom is -0.497 e. The lowest BCUT2D eigenvalue weighted by atomic mass is 10.0. The molecule has 1 N–H and O–H groups in total. The predicted octanol–water partition coefficient (Wildman–Crippen LogP) is 5.54. The largest absolute Gasteiger partial charge is 0.497 e. The number of aromatic nitrogens is 1. The van der Waals surface area contributed by atoms with Crippen LogP contribution in [0.2, 0.25) is 0 Å². The molecule has 1 aliphatic heterocycles. The number of rotatable bonds is 11. The van der Waals surface area contributed by atoms with Crippen LogP contribution in [0.1, 0.15) is 18.9 Å². The first kappa shape index (κ1) is 25.7. The van der Waals surface area contributed by atoms with Gasteiger partial charge < -0.3 is 19.9 Å². The molecule has 4 aromatic rings. The zero-order valence-electron chi connectivity index (χ0n) is 21.8. The summed E-state index contributed by atoms with van der Waals surface area (Å²) in [5.74, 6) is 1.87. The van der Waals surface area contributed by atoms with Crippen molar-refractivity contribution in [2.45, 2.75) is 25.9 Å². The third kappa shape index (κ3) is 6.31. The fraction of sp³-hybridized carbons (Fsp3) is 0.300. The van der Waals surface area contributed by atoms with Gasteiger partial charge in [0.2, 0.25) is 5.91 Å². The van der Waals surface area contributed by atoms with Crippen LogP contribution in [0.4, 0.5) is 5.82 Å². The molecule has 0 bridgehead atoms. The summed E-state index contributed by atoms with van der Waals surface area (Å²) in [5, 5.41) is 4.60. The lowest BCUT2D eigenvalue weighted by Crippen LogP contribution is -2.40. The number of aliphatic imine (C=N–C) groups is 1. The first-order valence-corrected chi connectivity index (χ1v) is 13.7. The topological polar surface area (TPSA) is 70.1 Å². The SMILES string of the molecule is COc1ccc(-c2ccc(CN(CCCNc3nsc4ccccc34)C(=O)CN3C=NC(C)C3)cc2)cc1. The van der Waals surface area contributed by atoms with Crippen LogP contribution >= 0.6 is 11.5 Å². The summed E-state index contributed by atoms with van der Waals surface area (Å²) >= 11 is 1.50. The number of methoxy groups -OCH3 is 1. The van der Waals surface area contributed by atoms with E-state index in [0.29, 0.717) is 19.6 Å². The number of benzene rings is 3. The molecule has 196 valence electrons. The standard InChI is InChI=1S/C30H33N5O2S/c1-22-18-34(21-32-22)20-29(36)35(17-5-16-31-30-27-6-3-4-7-28(27)38-33-30)19-23-8-10-24(11-9-23)25-12-14-26(37-2)15-13-25/h3-4,6-15,21-22H,5,16-20H2,1-2H3,(H,31,33). The van der Waals surface area contributed by atoms with E-state index in [1.807, 2.05) is 34.1 Å². The monoisotopic (exact) mass is 527 g/mol. The number of carbonyl (C=O) groups excluding carboxylic acids is 1. The zero-order chi connectivity index (χ0) is 26.3. The maximum Gasteiger partial charge on any atom is 0.242 e. The van der Waals surface area contributed by atoms with E-state index < -0.39 is 0 Å². The molecule has 38 heavy (non-hydrogen) atoms. The van der Waals surface area contributed by atoms with Crippen LogP contribution in [0, 0.1) is 0 Å². The molecule has 1 aliphatic rings. The second-order valence-corrected chi connectivity index (χ2v) is 10.4. The van der Waals surface area contributed by atoms with Gasteiger partial charge in [-0.15, -0.1) is 0 Å². The van der Waals surface area contributed by atoms with E-state index in [9.17, 15) is 4.79 Å². The van der Waals surface area contributed by atoms with Gasteiger partial charge in [-0.1, -0.05) is 48.5 Å². The Morgan fingerprint density at radius 2 is 1.82 bits per heavy atom. The highest BCUT2D eigenvalue weighted by molar-refractivity contribution is 7.13. The molecule has 0 fully saturated rings. The molecule has 0 spiro atoms. The van der Waals surface area contributed by atoms with Crippen molar-refractivity contribution < 1.29 is 9.53 Å². The Morgan fingerprint density at radius 1 is 1.08 bits per heavy atom. The van der Waals surface area contributed by atoms with Gasteiger partial charge in [-0.25, -0.2) is 0 Å². The molecule has 1 aromatic heterocycles.